The monoisotopic (exact) mass is 617 g/mol. The highest BCUT2D eigenvalue weighted by atomic mass is 16.7. The molecule has 1 fully saturated rings. The Morgan fingerprint density at radius 2 is 1.45 bits per heavy atom. The number of hydrogen-bond donors (Lipinski definition) is 0. The number of amides is 2. The van der Waals surface area contributed by atoms with Crippen LogP contribution in [0.25, 0.3) is 11.2 Å². The Morgan fingerprint density at radius 1 is 0.864 bits per heavy atom. The molecule has 0 spiro atoms. The van der Waals surface area contributed by atoms with Gasteiger partial charge in [-0.25, -0.2) is 14.6 Å². The van der Waals surface area contributed by atoms with E-state index in [1.807, 2.05) is 0 Å². The van der Waals surface area contributed by atoms with E-state index in [-0.39, 0.29) is 43.5 Å². The number of carbonyl (C=O) groups is 5. The van der Waals surface area contributed by atoms with Crippen LogP contribution in [0.1, 0.15) is 27.0 Å². The van der Waals surface area contributed by atoms with Crippen LogP contribution in [0.3, 0.4) is 0 Å². The second-order valence-corrected chi connectivity index (χ2v) is 8.83. The van der Waals surface area contributed by atoms with E-state index in [1.54, 1.807) is 0 Å². The van der Waals surface area contributed by atoms with Crippen molar-refractivity contribution in [2.24, 2.45) is 0 Å². The Hall–Kier alpha value is -5.32. The van der Waals surface area contributed by atoms with Gasteiger partial charge >= 0.3 is 30.1 Å². The molecule has 1 saturated heterocycles. The molecule has 0 bridgehead atoms. The minimum atomic E-state index is -1.29. The molecular weight excluding hydrogens is 586 g/mol. The van der Waals surface area contributed by atoms with Crippen molar-refractivity contribution in [1.29, 1.82) is 0 Å². The van der Waals surface area contributed by atoms with Gasteiger partial charge in [-0.1, -0.05) is 38.0 Å². The average molecular weight is 618 g/mol. The molecule has 2 aromatic heterocycles. The van der Waals surface area contributed by atoms with Crippen LogP contribution in [0, 0.1) is 0 Å². The van der Waals surface area contributed by atoms with E-state index in [2.05, 4.69) is 34.7 Å². The summed E-state index contributed by atoms with van der Waals surface area (Å²) in [4.78, 5) is 74.7. The third-order valence-corrected chi connectivity index (χ3v) is 5.54. The van der Waals surface area contributed by atoms with E-state index in [0.29, 0.717) is 4.90 Å². The van der Waals surface area contributed by atoms with Crippen molar-refractivity contribution in [2.45, 2.75) is 45.3 Å². The Bertz CT molecular complexity index is 1420. The fourth-order valence-corrected chi connectivity index (χ4v) is 3.95. The molecule has 236 valence electrons. The summed E-state index contributed by atoms with van der Waals surface area (Å²) in [5, 5.41) is 0. The normalized spacial score (nSPS) is 18.9. The Kier molecular flexibility index (Phi) is 11.5. The SMILES string of the molecule is C=CCOC(=O)N(C(=O)OCC=C)c1nc(OCC=C)c2ncn([C@@H]3O[C@H](COC(C)=O)[C@@H](OC(C)=O)[C@H]3OC(C)=O)c2n1. The summed E-state index contributed by atoms with van der Waals surface area (Å²) in [7, 11) is 0. The van der Waals surface area contributed by atoms with Gasteiger partial charge in [-0.2, -0.15) is 9.97 Å². The topological polar surface area (TPSA) is 197 Å². The van der Waals surface area contributed by atoms with Crippen molar-refractivity contribution < 1.29 is 57.1 Å². The summed E-state index contributed by atoms with van der Waals surface area (Å²) in [6, 6.07) is 0. The van der Waals surface area contributed by atoms with Crippen molar-refractivity contribution in [2.75, 3.05) is 31.3 Å². The maximum atomic E-state index is 12.9. The van der Waals surface area contributed by atoms with E-state index in [4.69, 9.17) is 33.2 Å². The first-order valence-corrected chi connectivity index (χ1v) is 13.0. The van der Waals surface area contributed by atoms with Crippen molar-refractivity contribution >= 4 is 47.2 Å². The number of imide groups is 1. The molecule has 17 nitrogen and oxygen atoms in total. The second-order valence-electron chi connectivity index (χ2n) is 8.83. The maximum Gasteiger partial charge on any atom is 0.426 e. The fraction of sp³-hybridized carbons (Fsp3) is 0.407. The van der Waals surface area contributed by atoms with Crippen molar-refractivity contribution in [3.8, 4) is 5.88 Å². The number of esters is 3. The lowest BCUT2D eigenvalue weighted by Crippen LogP contribution is -2.40. The third-order valence-electron chi connectivity index (χ3n) is 5.54. The molecule has 3 rings (SSSR count). The minimum absolute atomic E-state index is 0.0344. The third kappa shape index (κ3) is 7.94. The zero-order valence-corrected chi connectivity index (χ0v) is 24.2. The first-order valence-electron chi connectivity index (χ1n) is 13.0. The molecule has 3 heterocycles. The van der Waals surface area contributed by atoms with E-state index >= 15 is 0 Å². The predicted molar refractivity (Wildman–Crippen MR) is 148 cm³/mol. The van der Waals surface area contributed by atoms with Crippen LogP contribution in [-0.4, -0.2) is 94.4 Å². The summed E-state index contributed by atoms with van der Waals surface area (Å²) >= 11 is 0. The smallest absolute Gasteiger partial charge is 0.426 e. The molecule has 0 unspecified atom stereocenters. The number of rotatable bonds is 13. The number of aromatic nitrogens is 4. The molecule has 44 heavy (non-hydrogen) atoms. The van der Waals surface area contributed by atoms with Crippen LogP contribution >= 0.6 is 0 Å². The molecular formula is C27H31N5O12. The Labute approximate surface area is 251 Å². The van der Waals surface area contributed by atoms with Gasteiger partial charge in [-0.3, -0.25) is 19.0 Å². The first-order chi connectivity index (χ1) is 21.0. The largest absolute Gasteiger partial charge is 0.472 e. The number of fused-ring (bicyclic) bond motifs is 1. The summed E-state index contributed by atoms with van der Waals surface area (Å²) in [5.41, 5.74) is -0.0453. The second kappa shape index (κ2) is 15.2. The van der Waals surface area contributed by atoms with Crippen LogP contribution in [0.15, 0.2) is 44.3 Å². The lowest BCUT2D eigenvalue weighted by atomic mass is 10.1. The van der Waals surface area contributed by atoms with Crippen LogP contribution in [0.4, 0.5) is 15.5 Å². The van der Waals surface area contributed by atoms with Gasteiger partial charge < -0.3 is 33.2 Å². The predicted octanol–water partition coefficient (Wildman–Crippen LogP) is 2.17. The summed E-state index contributed by atoms with van der Waals surface area (Å²) in [6.07, 6.45) is -2.09. The maximum absolute atomic E-state index is 12.9. The molecule has 2 aromatic rings. The number of hydrogen-bond acceptors (Lipinski definition) is 15. The molecule has 2 amide bonds. The summed E-state index contributed by atoms with van der Waals surface area (Å²) < 4.78 is 39.0. The fourth-order valence-electron chi connectivity index (χ4n) is 3.95. The standard InChI is InChI=1S/C27H31N5O12/c1-7-10-38-23-19-22(29-25(30-23)32(26(36)39-11-8-2)27(37)40-12-9-3)31(14-28-19)24-21(43-17(6)35)20(42-16(5)34)18(44-24)13-41-15(4)33/h7-9,14,18,20-21,24H,1-3,10-13H2,4-6H3/t18-,20-,21-,24-/m1/s1. The van der Waals surface area contributed by atoms with Gasteiger partial charge in [0.05, 0.1) is 6.33 Å². The van der Waals surface area contributed by atoms with Gasteiger partial charge in [-0.05, 0) is 0 Å². The molecule has 0 aromatic carbocycles. The zero-order chi connectivity index (χ0) is 32.4. The summed E-state index contributed by atoms with van der Waals surface area (Å²) in [5.74, 6) is -2.84. The Morgan fingerprint density at radius 3 is 2.00 bits per heavy atom. The number of nitrogens with zero attached hydrogens (tertiary/aromatic N) is 5. The van der Waals surface area contributed by atoms with E-state index in [9.17, 15) is 24.0 Å². The highest BCUT2D eigenvalue weighted by molar-refractivity contribution is 6.08. The molecule has 0 saturated carbocycles. The highest BCUT2D eigenvalue weighted by Crippen LogP contribution is 2.37. The lowest BCUT2D eigenvalue weighted by molar-refractivity contribution is -0.166. The van der Waals surface area contributed by atoms with Gasteiger partial charge in [-0.15, -0.1) is 4.90 Å². The van der Waals surface area contributed by atoms with Crippen LogP contribution in [-0.2, 0) is 42.8 Å². The van der Waals surface area contributed by atoms with Crippen molar-refractivity contribution in [3.05, 3.63) is 44.3 Å². The minimum Gasteiger partial charge on any atom is -0.472 e. The summed E-state index contributed by atoms with van der Waals surface area (Å²) in [6.45, 7) is 13.1. The van der Waals surface area contributed by atoms with Gasteiger partial charge in [0.25, 0.3) is 0 Å². The molecule has 1 aliphatic rings. The molecule has 0 radical (unpaired) electrons. The van der Waals surface area contributed by atoms with Crippen molar-refractivity contribution in [1.82, 2.24) is 19.5 Å². The van der Waals surface area contributed by atoms with E-state index < -0.39 is 60.6 Å². The zero-order valence-electron chi connectivity index (χ0n) is 24.2. The van der Waals surface area contributed by atoms with Crippen LogP contribution < -0.4 is 9.64 Å². The first kappa shape index (κ1) is 33.2. The number of carbonyl (C=O) groups excluding carboxylic acids is 5. The highest BCUT2D eigenvalue weighted by Gasteiger charge is 2.51. The Balaban J connectivity index is 2.21. The molecule has 0 N–H and O–H groups in total. The van der Waals surface area contributed by atoms with Gasteiger partial charge in [0.15, 0.2) is 29.6 Å². The number of ether oxygens (including phenoxy) is 7. The van der Waals surface area contributed by atoms with Crippen LogP contribution in [0.5, 0.6) is 5.88 Å². The average Bonchev–Trinajstić information content (AvgIpc) is 3.53. The van der Waals surface area contributed by atoms with E-state index in [1.165, 1.54) is 36.0 Å². The molecule has 17 heteroatoms. The van der Waals surface area contributed by atoms with Crippen LogP contribution in [0.2, 0.25) is 0 Å². The van der Waals surface area contributed by atoms with Gasteiger partial charge in [0.1, 0.15) is 32.5 Å². The molecule has 1 aliphatic heterocycles. The lowest BCUT2D eigenvalue weighted by Gasteiger charge is -2.24. The quantitative estimate of drug-likeness (QED) is 0.180. The molecule has 4 atom stereocenters. The van der Waals surface area contributed by atoms with Gasteiger partial charge in [0, 0.05) is 20.8 Å². The van der Waals surface area contributed by atoms with Crippen molar-refractivity contribution in [3.63, 3.8) is 0 Å². The molecule has 0 aliphatic carbocycles. The number of anilines is 1. The van der Waals surface area contributed by atoms with E-state index in [0.717, 1.165) is 13.8 Å². The number of imidazole rings is 1. The van der Waals surface area contributed by atoms with Gasteiger partial charge in [0.2, 0.25) is 11.8 Å².